The number of benzene rings is 1. The van der Waals surface area contributed by atoms with E-state index < -0.39 is 0 Å². The largest absolute Gasteiger partial charge is 0.378 e. The van der Waals surface area contributed by atoms with Crippen LogP contribution in [0.1, 0.15) is 12.8 Å². The number of anilines is 1. The molecular formula is C18H25N3O3. The van der Waals surface area contributed by atoms with E-state index in [9.17, 15) is 9.59 Å². The number of morpholine rings is 1. The number of likely N-dealkylation sites (tertiary alicyclic amines) is 1. The van der Waals surface area contributed by atoms with E-state index in [1.165, 1.54) is 0 Å². The van der Waals surface area contributed by atoms with Crippen LogP contribution in [-0.4, -0.2) is 67.6 Å². The number of ether oxygens (including phenoxy) is 1. The van der Waals surface area contributed by atoms with E-state index in [0.29, 0.717) is 39.4 Å². The molecule has 2 fully saturated rings. The first-order chi connectivity index (χ1) is 11.7. The normalized spacial score (nSPS) is 22.2. The lowest BCUT2D eigenvalue weighted by atomic mass is 9.96. The quantitative estimate of drug-likeness (QED) is 0.900. The number of carbonyl (C=O) groups is 2. The molecule has 1 aromatic rings. The maximum atomic E-state index is 12.6. The first-order valence-corrected chi connectivity index (χ1v) is 8.66. The Balaban J connectivity index is 1.49. The van der Waals surface area contributed by atoms with Gasteiger partial charge >= 0.3 is 0 Å². The summed E-state index contributed by atoms with van der Waals surface area (Å²) >= 11 is 0. The molecular weight excluding hydrogens is 306 g/mol. The zero-order valence-electron chi connectivity index (χ0n) is 13.9. The topological polar surface area (TPSA) is 61.9 Å². The number of para-hydroxylation sites is 1. The van der Waals surface area contributed by atoms with Gasteiger partial charge < -0.3 is 15.0 Å². The van der Waals surface area contributed by atoms with Gasteiger partial charge in [-0.25, -0.2) is 0 Å². The summed E-state index contributed by atoms with van der Waals surface area (Å²) in [7, 11) is 0. The van der Waals surface area contributed by atoms with Gasteiger partial charge in [0.25, 0.3) is 0 Å². The maximum absolute atomic E-state index is 12.6. The molecule has 2 aliphatic heterocycles. The maximum Gasteiger partial charge on any atom is 0.238 e. The van der Waals surface area contributed by atoms with E-state index in [4.69, 9.17) is 4.74 Å². The Morgan fingerprint density at radius 3 is 2.62 bits per heavy atom. The van der Waals surface area contributed by atoms with Gasteiger partial charge in [-0.3, -0.25) is 14.5 Å². The van der Waals surface area contributed by atoms with E-state index in [2.05, 4.69) is 10.2 Å². The molecule has 0 aliphatic carbocycles. The van der Waals surface area contributed by atoms with E-state index in [1.807, 2.05) is 35.2 Å². The zero-order valence-corrected chi connectivity index (χ0v) is 13.9. The molecule has 1 atom stereocenters. The van der Waals surface area contributed by atoms with Crippen molar-refractivity contribution in [3.8, 4) is 0 Å². The Morgan fingerprint density at radius 1 is 1.12 bits per heavy atom. The second kappa shape index (κ2) is 8.26. The van der Waals surface area contributed by atoms with E-state index in [-0.39, 0.29) is 17.7 Å². The minimum Gasteiger partial charge on any atom is -0.378 e. The van der Waals surface area contributed by atoms with Crippen LogP contribution in [0.3, 0.4) is 0 Å². The predicted octanol–water partition coefficient (Wildman–Crippen LogP) is 1.20. The fourth-order valence-corrected chi connectivity index (χ4v) is 3.37. The Morgan fingerprint density at radius 2 is 1.88 bits per heavy atom. The van der Waals surface area contributed by atoms with Gasteiger partial charge in [0.05, 0.1) is 25.7 Å². The zero-order chi connectivity index (χ0) is 16.8. The van der Waals surface area contributed by atoms with Crippen LogP contribution >= 0.6 is 0 Å². The van der Waals surface area contributed by atoms with Gasteiger partial charge in [0, 0.05) is 25.3 Å². The summed E-state index contributed by atoms with van der Waals surface area (Å²) in [5.74, 6) is 0.188. The average Bonchev–Trinajstić information content (AvgIpc) is 2.63. The highest BCUT2D eigenvalue weighted by Gasteiger charge is 2.30. The van der Waals surface area contributed by atoms with Crippen LogP contribution in [0, 0.1) is 5.92 Å². The molecule has 0 bridgehead atoms. The summed E-state index contributed by atoms with van der Waals surface area (Å²) in [6, 6.07) is 9.46. The van der Waals surface area contributed by atoms with E-state index in [0.717, 1.165) is 25.1 Å². The summed E-state index contributed by atoms with van der Waals surface area (Å²) in [4.78, 5) is 28.8. The second-order valence-corrected chi connectivity index (χ2v) is 6.43. The fraction of sp³-hybridized carbons (Fsp3) is 0.556. The number of nitrogens with zero attached hydrogens (tertiary/aromatic N) is 2. The minimum absolute atomic E-state index is 0.00127. The molecule has 6 nitrogen and oxygen atoms in total. The molecule has 6 heteroatoms. The predicted molar refractivity (Wildman–Crippen MR) is 91.6 cm³/mol. The lowest BCUT2D eigenvalue weighted by Crippen LogP contribution is -2.49. The van der Waals surface area contributed by atoms with Gasteiger partial charge in [0.15, 0.2) is 0 Å². The number of amides is 2. The Bertz CT molecular complexity index is 558. The Hall–Kier alpha value is -1.92. The number of rotatable bonds is 4. The van der Waals surface area contributed by atoms with Gasteiger partial charge in [-0.05, 0) is 31.5 Å². The number of hydrogen-bond donors (Lipinski definition) is 1. The van der Waals surface area contributed by atoms with Crippen molar-refractivity contribution < 1.29 is 14.3 Å². The number of hydrogen-bond acceptors (Lipinski definition) is 4. The number of piperidine rings is 1. The molecule has 2 heterocycles. The molecule has 0 radical (unpaired) electrons. The van der Waals surface area contributed by atoms with Crippen molar-refractivity contribution in [2.24, 2.45) is 5.92 Å². The minimum atomic E-state index is -0.0272. The van der Waals surface area contributed by atoms with Crippen molar-refractivity contribution >= 4 is 17.5 Å². The fourth-order valence-electron chi connectivity index (χ4n) is 3.37. The van der Waals surface area contributed by atoms with Crippen molar-refractivity contribution in [3.05, 3.63) is 30.3 Å². The van der Waals surface area contributed by atoms with Crippen LogP contribution in [-0.2, 0) is 14.3 Å². The summed E-state index contributed by atoms with van der Waals surface area (Å²) in [5.41, 5.74) is 0.806. The lowest BCUT2D eigenvalue weighted by molar-refractivity contribution is -0.141. The molecule has 2 amide bonds. The molecule has 2 aliphatic rings. The lowest BCUT2D eigenvalue weighted by Gasteiger charge is -2.35. The van der Waals surface area contributed by atoms with Crippen molar-refractivity contribution in [2.75, 3.05) is 51.3 Å². The van der Waals surface area contributed by atoms with Gasteiger partial charge in [-0.1, -0.05) is 18.2 Å². The number of nitrogens with one attached hydrogen (secondary N) is 1. The van der Waals surface area contributed by atoms with Crippen LogP contribution in [0.2, 0.25) is 0 Å². The van der Waals surface area contributed by atoms with Gasteiger partial charge in [0.1, 0.15) is 0 Å². The van der Waals surface area contributed by atoms with Crippen molar-refractivity contribution in [2.45, 2.75) is 12.8 Å². The van der Waals surface area contributed by atoms with Crippen LogP contribution in [0.25, 0.3) is 0 Å². The summed E-state index contributed by atoms with van der Waals surface area (Å²) < 4.78 is 5.31. The van der Waals surface area contributed by atoms with Gasteiger partial charge in [-0.15, -0.1) is 0 Å². The van der Waals surface area contributed by atoms with Gasteiger partial charge in [0.2, 0.25) is 11.8 Å². The summed E-state index contributed by atoms with van der Waals surface area (Å²) in [6.07, 6.45) is 1.87. The second-order valence-electron chi connectivity index (χ2n) is 6.43. The summed E-state index contributed by atoms with van der Waals surface area (Å²) in [5, 5.41) is 2.90. The van der Waals surface area contributed by atoms with Gasteiger partial charge in [-0.2, -0.15) is 0 Å². The monoisotopic (exact) mass is 331 g/mol. The molecule has 0 spiro atoms. The van der Waals surface area contributed by atoms with Crippen LogP contribution in [0.4, 0.5) is 5.69 Å². The van der Waals surface area contributed by atoms with Crippen LogP contribution in [0.15, 0.2) is 30.3 Å². The summed E-state index contributed by atoms with van der Waals surface area (Å²) in [6.45, 7) is 4.49. The molecule has 3 rings (SSSR count). The van der Waals surface area contributed by atoms with Crippen molar-refractivity contribution in [1.29, 1.82) is 0 Å². The number of carbonyl (C=O) groups excluding carboxylic acids is 2. The molecule has 0 saturated carbocycles. The standard InChI is InChI=1S/C18H25N3O3/c22-17(19-16-6-2-1-3-7-16)14-20-8-4-5-15(13-20)18(23)21-9-11-24-12-10-21/h1-3,6-7,15H,4-5,8-14H2,(H,19,22)/t15-/m1/s1. The van der Waals surface area contributed by atoms with Crippen molar-refractivity contribution in [3.63, 3.8) is 0 Å². The molecule has 0 unspecified atom stereocenters. The molecule has 2 saturated heterocycles. The van der Waals surface area contributed by atoms with Crippen molar-refractivity contribution in [1.82, 2.24) is 9.80 Å². The average molecular weight is 331 g/mol. The van der Waals surface area contributed by atoms with Crippen LogP contribution in [0.5, 0.6) is 0 Å². The first kappa shape index (κ1) is 16.9. The molecule has 0 aromatic heterocycles. The molecule has 1 N–H and O–H groups in total. The SMILES string of the molecule is O=C(CN1CCC[C@@H](C(=O)N2CCOCC2)C1)Nc1ccccc1. The Kier molecular flexibility index (Phi) is 5.82. The van der Waals surface area contributed by atoms with E-state index in [1.54, 1.807) is 0 Å². The third-order valence-corrected chi connectivity index (χ3v) is 4.60. The Labute approximate surface area is 142 Å². The highest BCUT2D eigenvalue weighted by atomic mass is 16.5. The smallest absolute Gasteiger partial charge is 0.238 e. The molecule has 1 aromatic carbocycles. The first-order valence-electron chi connectivity index (χ1n) is 8.66. The highest BCUT2D eigenvalue weighted by molar-refractivity contribution is 5.92. The van der Waals surface area contributed by atoms with Crippen LogP contribution < -0.4 is 5.32 Å². The third kappa shape index (κ3) is 4.55. The highest BCUT2D eigenvalue weighted by Crippen LogP contribution is 2.19. The third-order valence-electron chi connectivity index (χ3n) is 4.60. The molecule has 130 valence electrons. The molecule has 24 heavy (non-hydrogen) atoms. The van der Waals surface area contributed by atoms with E-state index >= 15 is 0 Å².